The van der Waals surface area contributed by atoms with Gasteiger partial charge in [-0.15, -0.1) is 0 Å². The molecular formula is C26H27N3O4S. The fraction of sp³-hybridized carbons (Fsp3) is 0.308. The van der Waals surface area contributed by atoms with Crippen LogP contribution in [0.25, 0.3) is 22.3 Å². The van der Waals surface area contributed by atoms with Crippen LogP contribution in [0, 0.1) is 12.8 Å². The summed E-state index contributed by atoms with van der Waals surface area (Å²) in [6.45, 7) is 2.84. The van der Waals surface area contributed by atoms with Crippen molar-refractivity contribution in [1.82, 2.24) is 15.1 Å². The number of sulfone groups is 1. The Morgan fingerprint density at radius 1 is 1.15 bits per heavy atom. The molecular weight excluding hydrogens is 450 g/mol. The molecule has 0 saturated heterocycles. The Hall–Kier alpha value is -3.39. The minimum absolute atomic E-state index is 0.187. The van der Waals surface area contributed by atoms with Crippen LogP contribution in [0.5, 0.6) is 0 Å². The number of benzene rings is 2. The summed E-state index contributed by atoms with van der Waals surface area (Å²) < 4.78 is 32.6. The number of aryl methyl sites for hydroxylation is 1. The zero-order valence-electron chi connectivity index (χ0n) is 19.2. The number of furan rings is 1. The van der Waals surface area contributed by atoms with Crippen LogP contribution in [0.4, 0.5) is 0 Å². The smallest absolute Gasteiger partial charge is 0.271 e. The Bertz CT molecular complexity index is 1460. The van der Waals surface area contributed by atoms with Crippen molar-refractivity contribution < 1.29 is 17.6 Å². The molecule has 0 spiro atoms. The van der Waals surface area contributed by atoms with Crippen molar-refractivity contribution in [2.45, 2.75) is 37.6 Å². The first kappa shape index (κ1) is 22.4. The normalized spacial score (nSPS) is 14.3. The molecule has 8 heteroatoms. The van der Waals surface area contributed by atoms with E-state index in [4.69, 9.17) is 4.42 Å². The van der Waals surface area contributed by atoms with Crippen molar-refractivity contribution in [3.05, 3.63) is 71.5 Å². The SMILES string of the molecule is Cc1cc(C(=O)NCC2CCC2)nn1Cc1cc(S(C)(=O)=O)cc2cc(-c3ccccc3)oc12. The zero-order valence-corrected chi connectivity index (χ0v) is 20.1. The number of carbonyl (C=O) groups excluding carboxylic acids is 1. The van der Waals surface area contributed by atoms with Crippen molar-refractivity contribution in [1.29, 1.82) is 0 Å². The lowest BCUT2D eigenvalue weighted by molar-refractivity contribution is 0.0933. The first-order chi connectivity index (χ1) is 16.3. The van der Waals surface area contributed by atoms with Crippen LogP contribution in [0.2, 0.25) is 0 Å². The molecule has 0 atom stereocenters. The van der Waals surface area contributed by atoms with Gasteiger partial charge in [-0.3, -0.25) is 9.48 Å². The summed E-state index contributed by atoms with van der Waals surface area (Å²) in [5.74, 6) is 1.04. The van der Waals surface area contributed by atoms with Crippen molar-refractivity contribution in [2.75, 3.05) is 12.8 Å². The van der Waals surface area contributed by atoms with Crippen LogP contribution in [0.1, 0.15) is 41.0 Å². The fourth-order valence-electron chi connectivity index (χ4n) is 4.24. The largest absolute Gasteiger partial charge is 0.456 e. The molecule has 1 fully saturated rings. The zero-order chi connectivity index (χ0) is 23.9. The minimum Gasteiger partial charge on any atom is -0.456 e. The second-order valence-electron chi connectivity index (χ2n) is 9.09. The second kappa shape index (κ2) is 8.76. The number of nitrogens with one attached hydrogen (secondary N) is 1. The molecule has 0 aliphatic heterocycles. The molecule has 1 aliphatic carbocycles. The summed E-state index contributed by atoms with van der Waals surface area (Å²) in [5, 5.41) is 8.19. The van der Waals surface area contributed by atoms with Crippen molar-refractivity contribution in [2.24, 2.45) is 5.92 Å². The molecule has 2 aromatic carbocycles. The Morgan fingerprint density at radius 2 is 1.91 bits per heavy atom. The lowest BCUT2D eigenvalue weighted by Gasteiger charge is -2.25. The Balaban J connectivity index is 1.49. The van der Waals surface area contributed by atoms with Crippen LogP contribution in [-0.2, 0) is 16.4 Å². The topological polar surface area (TPSA) is 94.2 Å². The van der Waals surface area contributed by atoms with E-state index < -0.39 is 9.84 Å². The highest BCUT2D eigenvalue weighted by molar-refractivity contribution is 7.90. The van der Waals surface area contributed by atoms with E-state index in [0.717, 1.165) is 24.1 Å². The number of carbonyl (C=O) groups is 1. The van der Waals surface area contributed by atoms with Gasteiger partial charge in [0.25, 0.3) is 5.91 Å². The van der Waals surface area contributed by atoms with Crippen LogP contribution in [0.3, 0.4) is 0 Å². The van der Waals surface area contributed by atoms with Crippen molar-refractivity contribution in [3.63, 3.8) is 0 Å². The summed E-state index contributed by atoms with van der Waals surface area (Å²) in [6.07, 6.45) is 4.75. The molecule has 1 N–H and O–H groups in total. The van der Waals surface area contributed by atoms with E-state index in [9.17, 15) is 13.2 Å². The summed E-state index contributed by atoms with van der Waals surface area (Å²) in [5.41, 5.74) is 3.37. The quantitative estimate of drug-likeness (QED) is 0.420. The van der Waals surface area contributed by atoms with E-state index in [1.54, 1.807) is 22.9 Å². The van der Waals surface area contributed by atoms with E-state index >= 15 is 0 Å². The minimum atomic E-state index is -3.43. The Kier molecular flexibility index (Phi) is 5.77. The van der Waals surface area contributed by atoms with E-state index in [2.05, 4.69) is 10.4 Å². The van der Waals surface area contributed by atoms with Gasteiger partial charge in [0.2, 0.25) is 0 Å². The first-order valence-electron chi connectivity index (χ1n) is 11.4. The fourth-order valence-corrected chi connectivity index (χ4v) is 4.94. The summed E-state index contributed by atoms with van der Waals surface area (Å²) in [4.78, 5) is 12.8. The molecule has 176 valence electrons. The molecule has 0 unspecified atom stereocenters. The molecule has 34 heavy (non-hydrogen) atoms. The van der Waals surface area contributed by atoms with Gasteiger partial charge < -0.3 is 9.73 Å². The van der Waals surface area contributed by atoms with Crippen LogP contribution >= 0.6 is 0 Å². The number of hydrogen-bond donors (Lipinski definition) is 1. The standard InChI is InChI=1S/C26H27N3O4S/c1-17-11-23(26(30)27-15-18-7-6-8-18)28-29(17)16-21-13-22(34(2,31)32)12-20-14-24(33-25(20)21)19-9-4-3-5-10-19/h3-5,9-14,18H,6-8,15-16H2,1-2H3,(H,27,30). The maximum atomic E-state index is 12.6. The Labute approximate surface area is 198 Å². The molecule has 7 nitrogen and oxygen atoms in total. The van der Waals surface area contributed by atoms with Gasteiger partial charge in [-0.2, -0.15) is 5.10 Å². The molecule has 1 amide bonds. The van der Waals surface area contributed by atoms with E-state index in [1.807, 2.05) is 43.3 Å². The first-order valence-corrected chi connectivity index (χ1v) is 13.3. The van der Waals surface area contributed by atoms with Crippen LogP contribution in [0.15, 0.2) is 63.9 Å². The second-order valence-corrected chi connectivity index (χ2v) is 11.1. The highest BCUT2D eigenvalue weighted by Gasteiger charge is 2.21. The molecule has 5 rings (SSSR count). The van der Waals surface area contributed by atoms with Gasteiger partial charge in [-0.1, -0.05) is 36.8 Å². The van der Waals surface area contributed by atoms with Crippen LogP contribution < -0.4 is 5.32 Å². The van der Waals surface area contributed by atoms with Gasteiger partial charge in [-0.05, 0) is 49.9 Å². The number of rotatable bonds is 7. The molecule has 2 aromatic heterocycles. The molecule has 0 bridgehead atoms. The highest BCUT2D eigenvalue weighted by atomic mass is 32.2. The average molecular weight is 478 g/mol. The third kappa shape index (κ3) is 4.50. The maximum Gasteiger partial charge on any atom is 0.271 e. The number of aromatic nitrogens is 2. The number of fused-ring (bicyclic) bond motifs is 1. The molecule has 0 radical (unpaired) electrons. The third-order valence-electron chi connectivity index (χ3n) is 6.46. The van der Waals surface area contributed by atoms with Crippen molar-refractivity contribution >= 4 is 26.7 Å². The molecule has 1 aliphatic rings. The van der Waals surface area contributed by atoms with Gasteiger partial charge in [0, 0.05) is 35.0 Å². The third-order valence-corrected chi connectivity index (χ3v) is 7.56. The van der Waals surface area contributed by atoms with Gasteiger partial charge in [-0.25, -0.2) is 8.42 Å². The molecule has 4 aromatic rings. The van der Waals surface area contributed by atoms with E-state index in [-0.39, 0.29) is 17.3 Å². The van der Waals surface area contributed by atoms with Gasteiger partial charge in [0.05, 0.1) is 11.4 Å². The monoisotopic (exact) mass is 477 g/mol. The van der Waals surface area contributed by atoms with Crippen molar-refractivity contribution in [3.8, 4) is 11.3 Å². The molecule has 1 saturated carbocycles. The number of nitrogens with zero attached hydrogens (tertiary/aromatic N) is 2. The predicted molar refractivity (Wildman–Crippen MR) is 130 cm³/mol. The van der Waals surface area contributed by atoms with Gasteiger partial charge >= 0.3 is 0 Å². The van der Waals surface area contributed by atoms with E-state index in [0.29, 0.717) is 40.4 Å². The molecule has 2 heterocycles. The predicted octanol–water partition coefficient (Wildman–Crippen LogP) is 4.59. The number of amides is 1. The van der Waals surface area contributed by atoms with Gasteiger partial charge in [0.15, 0.2) is 9.84 Å². The van der Waals surface area contributed by atoms with E-state index in [1.165, 1.54) is 12.7 Å². The lowest BCUT2D eigenvalue weighted by Crippen LogP contribution is -2.32. The highest BCUT2D eigenvalue weighted by Crippen LogP contribution is 2.32. The summed E-state index contributed by atoms with van der Waals surface area (Å²) >= 11 is 0. The summed E-state index contributed by atoms with van der Waals surface area (Å²) in [6, 6.07) is 16.6. The number of hydrogen-bond acceptors (Lipinski definition) is 5. The Morgan fingerprint density at radius 3 is 2.59 bits per heavy atom. The average Bonchev–Trinajstić information content (AvgIpc) is 3.36. The summed E-state index contributed by atoms with van der Waals surface area (Å²) in [7, 11) is -3.43. The maximum absolute atomic E-state index is 12.6. The lowest BCUT2D eigenvalue weighted by atomic mass is 9.85. The van der Waals surface area contributed by atoms with Crippen LogP contribution in [-0.4, -0.2) is 36.9 Å². The van der Waals surface area contributed by atoms with Gasteiger partial charge in [0.1, 0.15) is 17.0 Å².